The van der Waals surface area contributed by atoms with Crippen LogP contribution in [0.3, 0.4) is 0 Å². The fraction of sp³-hybridized carbons (Fsp3) is 0.571. The summed E-state index contributed by atoms with van der Waals surface area (Å²) in [5, 5.41) is 3.19. The van der Waals surface area contributed by atoms with E-state index in [1.165, 1.54) is 4.31 Å². The molecule has 1 fully saturated rings. The molecule has 1 N–H and O–H groups in total. The molecule has 1 aromatic carbocycles. The molecule has 0 unspecified atom stereocenters. The van der Waals surface area contributed by atoms with Gasteiger partial charge in [-0.2, -0.15) is 4.31 Å². The molecule has 0 spiro atoms. The lowest BCUT2D eigenvalue weighted by molar-refractivity contribution is 0.262. The Morgan fingerprint density at radius 3 is 2.41 bits per heavy atom. The van der Waals surface area contributed by atoms with E-state index in [-0.39, 0.29) is 23.3 Å². The van der Waals surface area contributed by atoms with Gasteiger partial charge in [0.1, 0.15) is 0 Å². The lowest BCUT2D eigenvalue weighted by Crippen LogP contribution is -2.46. The second kappa shape index (κ2) is 8.19. The van der Waals surface area contributed by atoms with Crippen LogP contribution in [0.2, 0.25) is 0 Å². The molecule has 1 aromatic rings. The lowest BCUT2D eigenvalue weighted by Gasteiger charge is -2.33. The van der Waals surface area contributed by atoms with Gasteiger partial charge in [-0.15, -0.1) is 12.4 Å². The summed E-state index contributed by atoms with van der Waals surface area (Å²) in [5.74, 6) is -2.18. The van der Waals surface area contributed by atoms with Crippen LogP contribution in [0.15, 0.2) is 23.1 Å². The molecule has 22 heavy (non-hydrogen) atoms. The fourth-order valence-electron chi connectivity index (χ4n) is 2.59. The van der Waals surface area contributed by atoms with Gasteiger partial charge in [-0.1, -0.05) is 6.92 Å². The van der Waals surface area contributed by atoms with Crippen LogP contribution in [-0.4, -0.2) is 38.4 Å². The number of piperidine rings is 1. The zero-order valence-electron chi connectivity index (χ0n) is 12.4. The number of rotatable bonds is 5. The topological polar surface area (TPSA) is 49.4 Å². The molecule has 0 saturated carbocycles. The van der Waals surface area contributed by atoms with Crippen molar-refractivity contribution < 1.29 is 17.2 Å². The van der Waals surface area contributed by atoms with Crippen LogP contribution in [0.5, 0.6) is 0 Å². The summed E-state index contributed by atoms with van der Waals surface area (Å²) in [5.41, 5.74) is 0. The van der Waals surface area contributed by atoms with E-state index in [0.29, 0.717) is 13.0 Å². The molecular weight excluding hydrogens is 334 g/mol. The molecule has 4 nitrogen and oxygen atoms in total. The standard InChI is InChI=1S/C14H20F2N2O2S.ClH/c1-2-9-18(11-5-7-17-8-6-11)21(19,20)12-3-4-13(15)14(16)10-12;/h3-4,10-11,17H,2,5-9H2,1H3;1H. The van der Waals surface area contributed by atoms with E-state index in [1.54, 1.807) is 0 Å². The van der Waals surface area contributed by atoms with Crippen molar-refractivity contribution in [3.63, 3.8) is 0 Å². The second-order valence-electron chi connectivity index (χ2n) is 5.17. The Morgan fingerprint density at radius 2 is 1.86 bits per heavy atom. The van der Waals surface area contributed by atoms with Gasteiger partial charge >= 0.3 is 0 Å². The van der Waals surface area contributed by atoms with E-state index in [0.717, 1.165) is 44.1 Å². The predicted molar refractivity (Wildman–Crippen MR) is 83.7 cm³/mol. The minimum absolute atomic E-state index is 0. The van der Waals surface area contributed by atoms with E-state index in [4.69, 9.17) is 0 Å². The molecule has 126 valence electrons. The Labute approximate surface area is 136 Å². The van der Waals surface area contributed by atoms with Crippen molar-refractivity contribution in [1.82, 2.24) is 9.62 Å². The number of hydrogen-bond acceptors (Lipinski definition) is 3. The van der Waals surface area contributed by atoms with Crippen molar-refractivity contribution in [2.45, 2.75) is 37.1 Å². The van der Waals surface area contributed by atoms with Crippen LogP contribution in [0.4, 0.5) is 8.78 Å². The maximum atomic E-state index is 13.3. The van der Waals surface area contributed by atoms with Crippen molar-refractivity contribution in [2.75, 3.05) is 19.6 Å². The molecule has 0 amide bonds. The van der Waals surface area contributed by atoms with Gasteiger partial charge in [-0.25, -0.2) is 17.2 Å². The Bertz CT molecular complexity index is 593. The van der Waals surface area contributed by atoms with Gasteiger partial charge in [0, 0.05) is 12.6 Å². The largest absolute Gasteiger partial charge is 0.317 e. The minimum Gasteiger partial charge on any atom is -0.317 e. The van der Waals surface area contributed by atoms with E-state index in [2.05, 4.69) is 5.32 Å². The molecule has 2 rings (SSSR count). The van der Waals surface area contributed by atoms with E-state index in [1.807, 2.05) is 6.92 Å². The molecule has 0 aromatic heterocycles. The molecule has 1 aliphatic rings. The van der Waals surface area contributed by atoms with Crippen molar-refractivity contribution in [3.8, 4) is 0 Å². The maximum absolute atomic E-state index is 13.3. The minimum atomic E-state index is -3.80. The van der Waals surface area contributed by atoms with Crippen LogP contribution >= 0.6 is 12.4 Å². The summed E-state index contributed by atoms with van der Waals surface area (Å²) < 4.78 is 53.2. The third-order valence-corrected chi connectivity index (χ3v) is 5.61. The summed E-state index contributed by atoms with van der Waals surface area (Å²) in [7, 11) is -3.80. The van der Waals surface area contributed by atoms with Crippen LogP contribution in [0, 0.1) is 11.6 Å². The summed E-state index contributed by atoms with van der Waals surface area (Å²) in [6.07, 6.45) is 2.12. The molecule has 0 radical (unpaired) electrons. The molecule has 0 aliphatic carbocycles. The van der Waals surface area contributed by atoms with Crippen molar-refractivity contribution in [1.29, 1.82) is 0 Å². The number of hydrogen-bond donors (Lipinski definition) is 1. The SMILES string of the molecule is CCCN(C1CCNCC1)S(=O)(=O)c1ccc(F)c(F)c1.Cl. The highest BCUT2D eigenvalue weighted by Gasteiger charge is 2.32. The molecule has 1 saturated heterocycles. The number of nitrogens with one attached hydrogen (secondary N) is 1. The monoisotopic (exact) mass is 354 g/mol. The highest BCUT2D eigenvalue weighted by atomic mass is 35.5. The van der Waals surface area contributed by atoms with Crippen molar-refractivity contribution in [3.05, 3.63) is 29.8 Å². The zero-order chi connectivity index (χ0) is 15.5. The number of sulfonamides is 1. The third kappa shape index (κ3) is 4.16. The van der Waals surface area contributed by atoms with Gasteiger partial charge in [0.25, 0.3) is 0 Å². The van der Waals surface area contributed by atoms with Gasteiger partial charge < -0.3 is 5.32 Å². The Morgan fingerprint density at radius 1 is 1.23 bits per heavy atom. The molecule has 1 aliphatic heterocycles. The summed E-state index contributed by atoms with van der Waals surface area (Å²) in [6.45, 7) is 3.80. The van der Waals surface area contributed by atoms with Crippen molar-refractivity contribution in [2.24, 2.45) is 0 Å². The van der Waals surface area contributed by atoms with E-state index >= 15 is 0 Å². The average Bonchev–Trinajstić information content (AvgIpc) is 2.48. The van der Waals surface area contributed by atoms with Gasteiger partial charge in [-0.05, 0) is 50.6 Å². The first-order valence-electron chi connectivity index (χ1n) is 7.14. The fourth-order valence-corrected chi connectivity index (χ4v) is 4.38. The second-order valence-corrected chi connectivity index (χ2v) is 7.06. The number of halogens is 3. The smallest absolute Gasteiger partial charge is 0.243 e. The number of nitrogens with zero attached hydrogens (tertiary/aromatic N) is 1. The molecule has 8 heteroatoms. The normalized spacial score (nSPS) is 16.5. The van der Waals surface area contributed by atoms with Crippen LogP contribution in [0.1, 0.15) is 26.2 Å². The molecule has 0 atom stereocenters. The zero-order valence-corrected chi connectivity index (χ0v) is 14.0. The molecule has 1 heterocycles. The average molecular weight is 355 g/mol. The lowest BCUT2D eigenvalue weighted by atomic mass is 10.1. The van der Waals surface area contributed by atoms with Crippen molar-refractivity contribution >= 4 is 22.4 Å². The first kappa shape index (κ1) is 19.3. The van der Waals surface area contributed by atoms with Gasteiger partial charge in [0.2, 0.25) is 10.0 Å². The first-order valence-corrected chi connectivity index (χ1v) is 8.58. The van der Waals surface area contributed by atoms with Gasteiger partial charge in [0.05, 0.1) is 4.90 Å². The quantitative estimate of drug-likeness (QED) is 0.884. The summed E-state index contributed by atoms with van der Waals surface area (Å²) in [4.78, 5) is -0.187. The van der Waals surface area contributed by atoms with Crippen LogP contribution in [-0.2, 0) is 10.0 Å². The van der Waals surface area contributed by atoms with Crippen LogP contribution < -0.4 is 5.32 Å². The maximum Gasteiger partial charge on any atom is 0.243 e. The highest BCUT2D eigenvalue weighted by Crippen LogP contribution is 2.24. The van der Waals surface area contributed by atoms with E-state index in [9.17, 15) is 17.2 Å². The molecular formula is C14H21ClF2N2O2S. The summed E-state index contributed by atoms with van der Waals surface area (Å²) >= 11 is 0. The summed E-state index contributed by atoms with van der Waals surface area (Å²) in [6, 6.07) is 2.64. The van der Waals surface area contributed by atoms with E-state index < -0.39 is 21.7 Å². The van der Waals surface area contributed by atoms with Gasteiger partial charge in [-0.3, -0.25) is 0 Å². The predicted octanol–water partition coefficient (Wildman–Crippen LogP) is 2.54. The molecule has 0 bridgehead atoms. The highest BCUT2D eigenvalue weighted by molar-refractivity contribution is 7.89. The first-order chi connectivity index (χ1) is 9.96. The Hall–Kier alpha value is -0.760. The third-order valence-electron chi connectivity index (χ3n) is 3.66. The Balaban J connectivity index is 0.00000242. The number of benzene rings is 1. The van der Waals surface area contributed by atoms with Crippen LogP contribution in [0.25, 0.3) is 0 Å². The Kier molecular flexibility index (Phi) is 7.18. The van der Waals surface area contributed by atoms with Gasteiger partial charge in [0.15, 0.2) is 11.6 Å².